The molecule has 0 spiro atoms. The van der Waals surface area contributed by atoms with Gasteiger partial charge in [-0.3, -0.25) is 0 Å². The average Bonchev–Trinajstić information content (AvgIpc) is 2.75. The van der Waals surface area contributed by atoms with Crippen molar-refractivity contribution in [2.24, 2.45) is 5.73 Å². The molecule has 5 nitrogen and oxygen atoms in total. The molecule has 2 N–H and O–H groups in total. The van der Waals surface area contributed by atoms with Crippen LogP contribution in [0.1, 0.15) is 24.4 Å². The standard InChI is InChI=1S/C8H11N5S/c1-6(9)8-2-10-5-13(8)3-7-4-14-12-11-7/h2,4-6H,3,9H2,1H3/t6-/m0/s1. The number of hydrogen-bond acceptors (Lipinski definition) is 5. The predicted molar refractivity (Wildman–Crippen MR) is 53.8 cm³/mol. The van der Waals surface area contributed by atoms with Crippen molar-refractivity contribution in [3.05, 3.63) is 29.3 Å². The third-order valence-electron chi connectivity index (χ3n) is 1.95. The van der Waals surface area contributed by atoms with E-state index in [4.69, 9.17) is 5.73 Å². The fourth-order valence-corrected chi connectivity index (χ4v) is 1.71. The molecular weight excluding hydrogens is 198 g/mol. The number of imidazole rings is 1. The van der Waals surface area contributed by atoms with Gasteiger partial charge in [0.1, 0.15) is 0 Å². The minimum atomic E-state index is -0.0101. The Morgan fingerprint density at radius 2 is 2.50 bits per heavy atom. The predicted octanol–water partition coefficient (Wildman–Crippen LogP) is 0.803. The molecule has 0 aliphatic heterocycles. The van der Waals surface area contributed by atoms with E-state index in [2.05, 4.69) is 14.6 Å². The first-order valence-electron chi connectivity index (χ1n) is 4.29. The first kappa shape index (κ1) is 9.29. The van der Waals surface area contributed by atoms with Crippen LogP contribution < -0.4 is 5.73 Å². The van der Waals surface area contributed by atoms with Crippen LogP contribution in [0.4, 0.5) is 0 Å². The van der Waals surface area contributed by atoms with Gasteiger partial charge in [0.2, 0.25) is 0 Å². The van der Waals surface area contributed by atoms with Gasteiger partial charge < -0.3 is 10.3 Å². The molecule has 2 aromatic heterocycles. The summed E-state index contributed by atoms with van der Waals surface area (Å²) >= 11 is 1.35. The molecule has 74 valence electrons. The van der Waals surface area contributed by atoms with Crippen LogP contribution in [0, 0.1) is 0 Å². The first-order valence-corrected chi connectivity index (χ1v) is 5.12. The van der Waals surface area contributed by atoms with Crippen LogP contribution in [0.25, 0.3) is 0 Å². The number of nitrogens with two attached hydrogens (primary N) is 1. The Hall–Kier alpha value is -1.27. The van der Waals surface area contributed by atoms with E-state index in [9.17, 15) is 0 Å². The van der Waals surface area contributed by atoms with Crippen molar-refractivity contribution in [2.75, 3.05) is 0 Å². The lowest BCUT2D eigenvalue weighted by molar-refractivity contribution is 0.664. The lowest BCUT2D eigenvalue weighted by Crippen LogP contribution is -2.12. The lowest BCUT2D eigenvalue weighted by Gasteiger charge is -2.08. The minimum absolute atomic E-state index is 0.0101. The smallest absolute Gasteiger partial charge is 0.0953 e. The zero-order chi connectivity index (χ0) is 9.97. The molecule has 0 aliphatic rings. The Bertz CT molecular complexity index is 392. The highest BCUT2D eigenvalue weighted by Crippen LogP contribution is 2.10. The monoisotopic (exact) mass is 209 g/mol. The second kappa shape index (κ2) is 3.85. The summed E-state index contributed by atoms with van der Waals surface area (Å²) in [4.78, 5) is 4.06. The highest BCUT2D eigenvalue weighted by atomic mass is 32.1. The van der Waals surface area contributed by atoms with Crippen molar-refractivity contribution in [1.29, 1.82) is 0 Å². The Morgan fingerprint density at radius 3 is 3.14 bits per heavy atom. The van der Waals surface area contributed by atoms with Crippen molar-refractivity contribution < 1.29 is 0 Å². The van der Waals surface area contributed by atoms with Crippen LogP contribution in [0.5, 0.6) is 0 Å². The normalized spacial score (nSPS) is 13.0. The molecule has 0 saturated carbocycles. The zero-order valence-electron chi connectivity index (χ0n) is 7.79. The summed E-state index contributed by atoms with van der Waals surface area (Å²) < 4.78 is 5.79. The van der Waals surface area contributed by atoms with E-state index in [0.29, 0.717) is 6.54 Å². The van der Waals surface area contributed by atoms with E-state index in [-0.39, 0.29) is 6.04 Å². The van der Waals surface area contributed by atoms with Gasteiger partial charge in [-0.1, -0.05) is 4.49 Å². The molecule has 2 rings (SSSR count). The summed E-state index contributed by atoms with van der Waals surface area (Å²) in [5, 5.41) is 5.89. The van der Waals surface area contributed by atoms with Gasteiger partial charge in [0, 0.05) is 17.6 Å². The lowest BCUT2D eigenvalue weighted by atomic mass is 10.2. The van der Waals surface area contributed by atoms with E-state index in [1.165, 1.54) is 11.5 Å². The molecule has 0 radical (unpaired) electrons. The van der Waals surface area contributed by atoms with Crippen LogP contribution in [-0.4, -0.2) is 19.1 Å². The molecule has 1 atom stereocenters. The van der Waals surface area contributed by atoms with Crippen LogP contribution in [-0.2, 0) is 6.54 Å². The van der Waals surface area contributed by atoms with E-state index >= 15 is 0 Å². The molecule has 0 amide bonds. The molecule has 2 heterocycles. The quantitative estimate of drug-likeness (QED) is 0.811. The molecule has 0 unspecified atom stereocenters. The van der Waals surface area contributed by atoms with E-state index in [0.717, 1.165) is 11.4 Å². The Morgan fingerprint density at radius 1 is 1.64 bits per heavy atom. The number of aromatic nitrogens is 4. The van der Waals surface area contributed by atoms with Gasteiger partial charge in [-0.25, -0.2) is 4.98 Å². The summed E-state index contributed by atoms with van der Waals surface area (Å²) in [6.07, 6.45) is 3.54. The van der Waals surface area contributed by atoms with Gasteiger partial charge in [0.05, 0.1) is 24.3 Å². The second-order valence-corrected chi connectivity index (χ2v) is 3.74. The third-order valence-corrected chi connectivity index (χ3v) is 2.50. The Labute approximate surface area is 85.8 Å². The summed E-state index contributed by atoms with van der Waals surface area (Å²) in [6, 6.07) is -0.0101. The van der Waals surface area contributed by atoms with Gasteiger partial charge in [-0.05, 0) is 18.5 Å². The third kappa shape index (κ3) is 1.80. The minimum Gasteiger partial charge on any atom is -0.327 e. The molecule has 0 fully saturated rings. The van der Waals surface area contributed by atoms with E-state index in [1.54, 1.807) is 12.5 Å². The summed E-state index contributed by atoms with van der Waals surface area (Å²) in [6.45, 7) is 2.63. The van der Waals surface area contributed by atoms with Crippen LogP contribution >= 0.6 is 11.5 Å². The molecule has 0 aliphatic carbocycles. The number of hydrogen-bond donors (Lipinski definition) is 1. The molecule has 6 heteroatoms. The zero-order valence-corrected chi connectivity index (χ0v) is 8.61. The first-order chi connectivity index (χ1) is 6.77. The number of rotatable bonds is 3. The molecule has 14 heavy (non-hydrogen) atoms. The van der Waals surface area contributed by atoms with Gasteiger partial charge in [0.15, 0.2) is 0 Å². The molecular formula is C8H11N5S. The van der Waals surface area contributed by atoms with Crippen molar-refractivity contribution in [2.45, 2.75) is 19.5 Å². The van der Waals surface area contributed by atoms with Crippen molar-refractivity contribution in [3.8, 4) is 0 Å². The van der Waals surface area contributed by atoms with Crippen molar-refractivity contribution in [3.63, 3.8) is 0 Å². The fraction of sp³-hybridized carbons (Fsp3) is 0.375. The topological polar surface area (TPSA) is 69.6 Å². The highest BCUT2D eigenvalue weighted by Gasteiger charge is 2.07. The van der Waals surface area contributed by atoms with E-state index < -0.39 is 0 Å². The maximum atomic E-state index is 5.79. The van der Waals surface area contributed by atoms with Crippen LogP contribution in [0.15, 0.2) is 17.9 Å². The number of nitrogens with zero attached hydrogens (tertiary/aromatic N) is 4. The van der Waals surface area contributed by atoms with Gasteiger partial charge in [-0.2, -0.15) is 0 Å². The summed E-state index contributed by atoms with van der Waals surface area (Å²) in [5.74, 6) is 0. The molecule has 0 aromatic carbocycles. The van der Waals surface area contributed by atoms with Crippen molar-refractivity contribution >= 4 is 11.5 Å². The Balaban J connectivity index is 2.21. The van der Waals surface area contributed by atoms with Crippen LogP contribution in [0.2, 0.25) is 0 Å². The fourth-order valence-electron chi connectivity index (χ4n) is 1.27. The summed E-state index contributed by atoms with van der Waals surface area (Å²) in [7, 11) is 0. The average molecular weight is 209 g/mol. The Kier molecular flexibility index (Phi) is 2.55. The van der Waals surface area contributed by atoms with E-state index in [1.807, 2.05) is 16.9 Å². The summed E-state index contributed by atoms with van der Waals surface area (Å²) in [5.41, 5.74) is 7.75. The highest BCUT2D eigenvalue weighted by molar-refractivity contribution is 7.03. The maximum Gasteiger partial charge on any atom is 0.0953 e. The largest absolute Gasteiger partial charge is 0.327 e. The van der Waals surface area contributed by atoms with Crippen LogP contribution in [0.3, 0.4) is 0 Å². The second-order valence-electron chi connectivity index (χ2n) is 3.13. The molecule has 2 aromatic rings. The van der Waals surface area contributed by atoms with Gasteiger partial charge in [0.25, 0.3) is 0 Å². The SMILES string of the molecule is C[C@H](N)c1cncn1Cc1csnn1. The van der Waals surface area contributed by atoms with Crippen molar-refractivity contribution in [1.82, 2.24) is 19.1 Å². The maximum absolute atomic E-state index is 5.79. The molecule has 0 bridgehead atoms. The molecule has 0 saturated heterocycles. The van der Waals surface area contributed by atoms with Gasteiger partial charge in [-0.15, -0.1) is 5.10 Å². The van der Waals surface area contributed by atoms with Gasteiger partial charge >= 0.3 is 0 Å².